The molecule has 0 saturated carbocycles. The molecule has 2 aliphatic rings. The highest BCUT2D eigenvalue weighted by molar-refractivity contribution is 7.91. The molecule has 3 aromatic rings. The van der Waals surface area contributed by atoms with Crippen LogP contribution in [0.15, 0.2) is 53.4 Å². The van der Waals surface area contributed by atoms with Crippen molar-refractivity contribution in [3.8, 4) is 0 Å². The van der Waals surface area contributed by atoms with E-state index < -0.39 is 11.2 Å². The quantitative estimate of drug-likeness (QED) is 0.597. The van der Waals surface area contributed by atoms with Gasteiger partial charge in [-0.05, 0) is 41.5 Å². The number of anilines is 4. The lowest BCUT2D eigenvalue weighted by molar-refractivity contribution is 0.598. The van der Waals surface area contributed by atoms with Crippen LogP contribution in [0.5, 0.6) is 0 Å². The van der Waals surface area contributed by atoms with E-state index in [1.807, 2.05) is 24.3 Å². The molecule has 1 atom stereocenters. The molecule has 1 saturated heterocycles. The maximum absolute atomic E-state index is 13.6. The number of nitrogens with zero attached hydrogens (tertiary/aromatic N) is 4. The number of aromatic nitrogens is 2. The maximum atomic E-state index is 13.6. The highest BCUT2D eigenvalue weighted by Crippen LogP contribution is 2.34. The predicted octanol–water partition coefficient (Wildman–Crippen LogP) is 4.00. The van der Waals surface area contributed by atoms with E-state index in [-0.39, 0.29) is 5.82 Å². The molecule has 5 rings (SSSR count). The standard InChI is InChI=1S/C22H21ClFN5OS/c23-17-6-1-2-7-19(17)28-9-11-29(12-10-28)22-26-18-8-13-31(30)20(18)21(27-22)25-16-5-3-4-15(24)14-16/h1-7,14H,8-13H2,(H,25,26,27). The minimum Gasteiger partial charge on any atom is -0.611 e. The molecule has 0 radical (unpaired) electrons. The van der Waals surface area contributed by atoms with Crippen molar-refractivity contribution in [2.45, 2.75) is 11.3 Å². The average molecular weight is 458 g/mol. The van der Waals surface area contributed by atoms with Crippen molar-refractivity contribution < 1.29 is 8.94 Å². The number of hydrogen-bond donors (Lipinski definition) is 1. The average Bonchev–Trinajstić information content (AvgIpc) is 3.15. The number of benzene rings is 2. The van der Waals surface area contributed by atoms with Crippen molar-refractivity contribution in [3.63, 3.8) is 0 Å². The molecule has 3 heterocycles. The molecule has 1 aromatic heterocycles. The number of aryl methyl sites for hydroxylation is 1. The molecule has 0 amide bonds. The maximum Gasteiger partial charge on any atom is 0.228 e. The van der Waals surface area contributed by atoms with Crippen molar-refractivity contribution in [2.24, 2.45) is 0 Å². The molecule has 160 valence electrons. The highest BCUT2D eigenvalue weighted by Gasteiger charge is 2.33. The van der Waals surface area contributed by atoms with Gasteiger partial charge in [-0.25, -0.2) is 9.37 Å². The summed E-state index contributed by atoms with van der Waals surface area (Å²) < 4.78 is 26.2. The Kier molecular flexibility index (Phi) is 5.60. The lowest BCUT2D eigenvalue weighted by atomic mass is 10.2. The fourth-order valence-corrected chi connectivity index (χ4v) is 5.53. The van der Waals surface area contributed by atoms with E-state index in [0.29, 0.717) is 34.5 Å². The van der Waals surface area contributed by atoms with Crippen LogP contribution >= 0.6 is 11.6 Å². The number of para-hydroxylation sites is 1. The Balaban J connectivity index is 1.40. The van der Waals surface area contributed by atoms with Gasteiger partial charge in [0.2, 0.25) is 10.8 Å². The zero-order valence-electron chi connectivity index (χ0n) is 16.7. The molecular formula is C22H21ClFN5OS. The summed E-state index contributed by atoms with van der Waals surface area (Å²) in [6.45, 7) is 3.07. The zero-order chi connectivity index (χ0) is 21.4. The topological polar surface area (TPSA) is 67.4 Å². The van der Waals surface area contributed by atoms with Gasteiger partial charge in [0.15, 0.2) is 5.82 Å². The van der Waals surface area contributed by atoms with Gasteiger partial charge in [-0.15, -0.1) is 0 Å². The lowest BCUT2D eigenvalue weighted by Crippen LogP contribution is -2.47. The van der Waals surface area contributed by atoms with E-state index >= 15 is 0 Å². The van der Waals surface area contributed by atoms with Crippen LogP contribution in [0.3, 0.4) is 0 Å². The van der Waals surface area contributed by atoms with Crippen LogP contribution in [-0.2, 0) is 17.6 Å². The molecule has 0 aliphatic carbocycles. The summed E-state index contributed by atoms with van der Waals surface area (Å²) in [4.78, 5) is 14.4. The molecule has 1 fully saturated rings. The molecule has 0 bridgehead atoms. The van der Waals surface area contributed by atoms with Gasteiger partial charge in [-0.2, -0.15) is 4.98 Å². The number of rotatable bonds is 4. The molecule has 2 aromatic carbocycles. The summed E-state index contributed by atoms with van der Waals surface area (Å²) in [7, 11) is 0. The van der Waals surface area contributed by atoms with E-state index in [1.165, 1.54) is 12.1 Å². The van der Waals surface area contributed by atoms with Crippen molar-refractivity contribution in [1.82, 2.24) is 9.97 Å². The fraction of sp³-hybridized carbons (Fsp3) is 0.273. The SMILES string of the molecule is [O-][S+]1CCc2nc(N3CCN(c4ccccc4Cl)CC3)nc(Nc3cccc(F)c3)c21. The third-order valence-electron chi connectivity index (χ3n) is 5.52. The van der Waals surface area contributed by atoms with Gasteiger partial charge in [0.25, 0.3) is 0 Å². The molecule has 1 N–H and O–H groups in total. The molecule has 9 heteroatoms. The van der Waals surface area contributed by atoms with E-state index in [1.54, 1.807) is 12.1 Å². The van der Waals surface area contributed by atoms with E-state index in [9.17, 15) is 8.94 Å². The van der Waals surface area contributed by atoms with E-state index in [0.717, 1.165) is 42.6 Å². The Bertz CT molecular complexity index is 1110. The van der Waals surface area contributed by atoms with Crippen molar-refractivity contribution >= 4 is 45.9 Å². The second-order valence-electron chi connectivity index (χ2n) is 7.51. The smallest absolute Gasteiger partial charge is 0.228 e. The first-order chi connectivity index (χ1) is 15.1. The Morgan fingerprint density at radius 3 is 2.55 bits per heavy atom. The largest absolute Gasteiger partial charge is 0.611 e. The minimum absolute atomic E-state index is 0.340. The lowest BCUT2D eigenvalue weighted by Gasteiger charge is -2.36. The first-order valence-electron chi connectivity index (χ1n) is 10.1. The van der Waals surface area contributed by atoms with Crippen molar-refractivity contribution in [3.05, 3.63) is 65.1 Å². The predicted molar refractivity (Wildman–Crippen MR) is 123 cm³/mol. The van der Waals surface area contributed by atoms with Crippen LogP contribution < -0.4 is 15.1 Å². The summed E-state index contributed by atoms with van der Waals surface area (Å²) in [6.07, 6.45) is 0.648. The van der Waals surface area contributed by atoms with Crippen LogP contribution in [0.1, 0.15) is 5.69 Å². The van der Waals surface area contributed by atoms with Gasteiger partial charge < -0.3 is 19.7 Å². The Labute approximate surface area is 188 Å². The van der Waals surface area contributed by atoms with Crippen LogP contribution in [0.2, 0.25) is 5.02 Å². The van der Waals surface area contributed by atoms with Crippen LogP contribution in [0, 0.1) is 5.82 Å². The van der Waals surface area contributed by atoms with E-state index in [4.69, 9.17) is 21.6 Å². The number of nitrogens with one attached hydrogen (secondary N) is 1. The first kappa shape index (κ1) is 20.4. The molecule has 1 unspecified atom stereocenters. The summed E-state index contributed by atoms with van der Waals surface area (Å²) in [5.41, 5.74) is 2.40. The molecule has 0 spiro atoms. The summed E-state index contributed by atoms with van der Waals surface area (Å²) in [5.74, 6) is 1.30. The summed E-state index contributed by atoms with van der Waals surface area (Å²) in [6, 6.07) is 14.0. The van der Waals surface area contributed by atoms with Gasteiger partial charge in [0, 0.05) is 38.3 Å². The second kappa shape index (κ2) is 8.53. The molecular weight excluding hydrogens is 437 g/mol. The Hall–Kier alpha value is -2.55. The van der Waals surface area contributed by atoms with Gasteiger partial charge in [0.1, 0.15) is 17.3 Å². The fourth-order valence-electron chi connectivity index (χ4n) is 3.97. The van der Waals surface area contributed by atoms with Crippen LogP contribution in [0.25, 0.3) is 0 Å². The van der Waals surface area contributed by atoms with Gasteiger partial charge in [0.05, 0.1) is 10.7 Å². The van der Waals surface area contributed by atoms with E-state index in [2.05, 4.69) is 15.1 Å². The second-order valence-corrected chi connectivity index (χ2v) is 9.42. The van der Waals surface area contributed by atoms with Crippen LogP contribution in [0.4, 0.5) is 27.5 Å². The third kappa shape index (κ3) is 4.15. The Morgan fingerprint density at radius 2 is 1.77 bits per heavy atom. The zero-order valence-corrected chi connectivity index (χ0v) is 18.3. The summed E-state index contributed by atoms with van der Waals surface area (Å²) >= 11 is 5.20. The molecule has 31 heavy (non-hydrogen) atoms. The molecule has 2 aliphatic heterocycles. The van der Waals surface area contributed by atoms with Crippen LogP contribution in [-0.4, -0.2) is 46.5 Å². The normalized spacial score (nSPS) is 18.2. The monoisotopic (exact) mass is 457 g/mol. The number of piperazine rings is 1. The summed E-state index contributed by atoms with van der Waals surface area (Å²) in [5, 5.41) is 3.90. The van der Waals surface area contributed by atoms with Gasteiger partial charge >= 0.3 is 0 Å². The van der Waals surface area contributed by atoms with Crippen molar-refractivity contribution in [2.75, 3.05) is 47.0 Å². The van der Waals surface area contributed by atoms with Gasteiger partial charge in [-0.1, -0.05) is 29.8 Å². The number of hydrogen-bond acceptors (Lipinski definition) is 6. The highest BCUT2D eigenvalue weighted by atomic mass is 35.5. The van der Waals surface area contributed by atoms with Crippen molar-refractivity contribution in [1.29, 1.82) is 0 Å². The minimum atomic E-state index is -1.16. The Morgan fingerprint density at radius 1 is 1.00 bits per heavy atom. The third-order valence-corrected chi connectivity index (χ3v) is 7.30. The number of fused-ring (bicyclic) bond motifs is 1. The number of halogens is 2. The molecule has 6 nitrogen and oxygen atoms in total. The van der Waals surface area contributed by atoms with Gasteiger partial charge in [-0.3, -0.25) is 0 Å². The first-order valence-corrected chi connectivity index (χ1v) is 11.8.